The molecule has 5 heteroatoms. The monoisotopic (exact) mass is 228 g/mol. The van der Waals surface area contributed by atoms with Gasteiger partial charge >= 0.3 is 5.97 Å². The molecular formula is C10H9FO3S. The molecule has 0 unspecified atom stereocenters. The van der Waals surface area contributed by atoms with Gasteiger partial charge in [-0.3, -0.25) is 0 Å². The van der Waals surface area contributed by atoms with Crippen LogP contribution in [-0.2, 0) is 4.79 Å². The van der Waals surface area contributed by atoms with Gasteiger partial charge in [0.2, 0.25) is 0 Å². The van der Waals surface area contributed by atoms with Crippen LogP contribution >= 0.6 is 12.6 Å². The van der Waals surface area contributed by atoms with Gasteiger partial charge in [0, 0.05) is 5.56 Å². The molecule has 0 bridgehead atoms. The topological polar surface area (TPSA) is 46.5 Å². The number of ether oxygens (including phenoxy) is 1. The van der Waals surface area contributed by atoms with Crippen molar-refractivity contribution in [2.45, 2.75) is 0 Å². The van der Waals surface area contributed by atoms with Crippen molar-refractivity contribution in [3.8, 4) is 5.75 Å². The van der Waals surface area contributed by atoms with E-state index in [1.165, 1.54) is 25.3 Å². The van der Waals surface area contributed by atoms with Crippen molar-refractivity contribution in [2.24, 2.45) is 0 Å². The highest BCUT2D eigenvalue weighted by Crippen LogP contribution is 2.25. The van der Waals surface area contributed by atoms with Crippen LogP contribution in [0.4, 0.5) is 4.39 Å². The fourth-order valence-electron chi connectivity index (χ4n) is 1.06. The Morgan fingerprint density at radius 3 is 2.80 bits per heavy atom. The Morgan fingerprint density at radius 1 is 1.60 bits per heavy atom. The molecule has 1 aromatic rings. The Balaban J connectivity index is 3.20. The maximum Gasteiger partial charge on any atom is 0.341 e. The van der Waals surface area contributed by atoms with E-state index in [2.05, 4.69) is 12.6 Å². The van der Waals surface area contributed by atoms with E-state index >= 15 is 0 Å². The Labute approximate surface area is 91.6 Å². The van der Waals surface area contributed by atoms with Crippen LogP contribution in [0.15, 0.2) is 23.1 Å². The summed E-state index contributed by atoms with van der Waals surface area (Å²) in [5.74, 6) is -1.72. The molecule has 80 valence electrons. The zero-order valence-electron chi connectivity index (χ0n) is 7.90. The average molecular weight is 228 g/mol. The molecule has 0 aromatic heterocycles. The first-order valence-electron chi connectivity index (χ1n) is 4.02. The molecule has 0 atom stereocenters. The maximum atomic E-state index is 13.2. The second-order valence-corrected chi connectivity index (χ2v) is 3.18. The molecule has 0 amide bonds. The number of halogens is 1. The van der Waals surface area contributed by atoms with Gasteiger partial charge in [-0.2, -0.15) is 0 Å². The minimum Gasteiger partial charge on any atom is -0.493 e. The van der Waals surface area contributed by atoms with Crippen molar-refractivity contribution in [3.05, 3.63) is 34.5 Å². The van der Waals surface area contributed by atoms with Crippen molar-refractivity contribution in [1.29, 1.82) is 0 Å². The standard InChI is InChI=1S/C10H9FO3S/c1-14-9-6(3-2-4-7(9)11)5-8(15)10(12)13/h2-5,15H,1H3,(H,12,13)/b8-5+. The molecule has 0 aliphatic rings. The highest BCUT2D eigenvalue weighted by molar-refractivity contribution is 7.85. The second kappa shape index (κ2) is 4.84. The summed E-state index contributed by atoms with van der Waals surface area (Å²) in [6.45, 7) is 0. The van der Waals surface area contributed by atoms with E-state index < -0.39 is 11.8 Å². The quantitative estimate of drug-likeness (QED) is 0.615. The lowest BCUT2D eigenvalue weighted by molar-refractivity contribution is -0.131. The molecule has 0 aliphatic carbocycles. The summed E-state index contributed by atoms with van der Waals surface area (Å²) in [4.78, 5) is 10.3. The Hall–Kier alpha value is -1.49. The van der Waals surface area contributed by atoms with E-state index in [4.69, 9.17) is 9.84 Å². The summed E-state index contributed by atoms with van der Waals surface area (Å²) < 4.78 is 18.0. The first-order chi connectivity index (χ1) is 7.06. The number of carboxylic acids is 1. The third-order valence-electron chi connectivity index (χ3n) is 1.71. The van der Waals surface area contributed by atoms with E-state index in [1.807, 2.05) is 0 Å². The molecule has 0 saturated carbocycles. The third kappa shape index (κ3) is 2.73. The molecule has 0 radical (unpaired) electrons. The van der Waals surface area contributed by atoms with E-state index in [-0.39, 0.29) is 10.7 Å². The zero-order valence-corrected chi connectivity index (χ0v) is 8.79. The fourth-order valence-corrected chi connectivity index (χ4v) is 1.20. The van der Waals surface area contributed by atoms with Gasteiger partial charge in [0.15, 0.2) is 11.6 Å². The molecule has 0 saturated heterocycles. The van der Waals surface area contributed by atoms with Crippen molar-refractivity contribution in [3.63, 3.8) is 0 Å². The normalized spacial score (nSPS) is 11.3. The maximum absolute atomic E-state index is 13.2. The Morgan fingerprint density at radius 2 is 2.27 bits per heavy atom. The van der Waals surface area contributed by atoms with Crippen LogP contribution in [0, 0.1) is 5.82 Å². The third-order valence-corrected chi connectivity index (χ3v) is 2.03. The van der Waals surface area contributed by atoms with Crippen LogP contribution in [0.3, 0.4) is 0 Å². The largest absolute Gasteiger partial charge is 0.493 e. The minimum absolute atomic E-state index is 0.00491. The fraction of sp³-hybridized carbons (Fsp3) is 0.100. The summed E-state index contributed by atoms with van der Waals surface area (Å²) in [6, 6.07) is 4.24. The Kier molecular flexibility index (Phi) is 3.74. The first-order valence-corrected chi connectivity index (χ1v) is 4.47. The zero-order chi connectivity index (χ0) is 11.4. The van der Waals surface area contributed by atoms with Crippen molar-refractivity contribution in [1.82, 2.24) is 0 Å². The van der Waals surface area contributed by atoms with Crippen LogP contribution in [0.2, 0.25) is 0 Å². The lowest BCUT2D eigenvalue weighted by atomic mass is 10.2. The highest BCUT2D eigenvalue weighted by Gasteiger charge is 2.08. The lowest BCUT2D eigenvalue weighted by Crippen LogP contribution is -1.95. The van der Waals surface area contributed by atoms with Gasteiger partial charge < -0.3 is 9.84 Å². The predicted octanol–water partition coefficient (Wildman–Crippen LogP) is 2.19. The van der Waals surface area contributed by atoms with Gasteiger partial charge in [-0.05, 0) is 12.1 Å². The number of methoxy groups -OCH3 is 1. The smallest absolute Gasteiger partial charge is 0.341 e. The van der Waals surface area contributed by atoms with Gasteiger partial charge in [0.25, 0.3) is 0 Å². The van der Waals surface area contributed by atoms with E-state index in [0.29, 0.717) is 5.56 Å². The van der Waals surface area contributed by atoms with E-state index in [0.717, 1.165) is 0 Å². The van der Waals surface area contributed by atoms with Gasteiger partial charge in [0.05, 0.1) is 12.0 Å². The van der Waals surface area contributed by atoms with Crippen molar-refractivity contribution >= 4 is 24.7 Å². The van der Waals surface area contributed by atoms with Crippen LogP contribution in [0.1, 0.15) is 5.56 Å². The Bertz CT molecular complexity index is 415. The van der Waals surface area contributed by atoms with Crippen LogP contribution in [0.25, 0.3) is 6.08 Å². The van der Waals surface area contributed by atoms with Crippen LogP contribution in [0.5, 0.6) is 5.75 Å². The van der Waals surface area contributed by atoms with Gasteiger partial charge in [-0.1, -0.05) is 12.1 Å². The summed E-state index contributed by atoms with van der Waals surface area (Å²) in [5, 5.41) is 8.60. The number of carboxylic acid groups (broad SMARTS) is 1. The molecule has 15 heavy (non-hydrogen) atoms. The highest BCUT2D eigenvalue weighted by atomic mass is 32.1. The SMILES string of the molecule is COc1c(F)cccc1/C=C(/S)C(=O)O. The number of benzene rings is 1. The molecule has 0 aliphatic heterocycles. The first kappa shape index (κ1) is 11.6. The summed E-state index contributed by atoms with van der Waals surface area (Å²) in [7, 11) is 1.31. The molecule has 1 N–H and O–H groups in total. The number of thiol groups is 1. The summed E-state index contributed by atoms with van der Waals surface area (Å²) in [6.07, 6.45) is 1.23. The number of hydrogen-bond acceptors (Lipinski definition) is 3. The van der Waals surface area contributed by atoms with Crippen LogP contribution in [-0.4, -0.2) is 18.2 Å². The van der Waals surface area contributed by atoms with Gasteiger partial charge in [0.1, 0.15) is 0 Å². The molecular weight excluding hydrogens is 219 g/mol. The van der Waals surface area contributed by atoms with Crippen LogP contribution < -0.4 is 4.74 Å². The van der Waals surface area contributed by atoms with E-state index in [9.17, 15) is 9.18 Å². The molecule has 0 spiro atoms. The second-order valence-electron chi connectivity index (χ2n) is 2.70. The number of aliphatic carboxylic acids is 1. The number of rotatable bonds is 3. The van der Waals surface area contributed by atoms with E-state index in [1.54, 1.807) is 6.07 Å². The molecule has 3 nitrogen and oxygen atoms in total. The lowest BCUT2D eigenvalue weighted by Gasteiger charge is -2.05. The molecule has 1 rings (SSSR count). The number of hydrogen-bond donors (Lipinski definition) is 2. The molecule has 0 fully saturated rings. The van der Waals surface area contributed by atoms with Gasteiger partial charge in [-0.25, -0.2) is 9.18 Å². The number of para-hydroxylation sites is 1. The van der Waals surface area contributed by atoms with Crippen molar-refractivity contribution in [2.75, 3.05) is 7.11 Å². The average Bonchev–Trinajstić information content (AvgIpc) is 2.18. The minimum atomic E-state index is -1.18. The summed E-state index contributed by atoms with van der Waals surface area (Å²) in [5.41, 5.74) is 0.338. The van der Waals surface area contributed by atoms with Gasteiger partial charge in [-0.15, -0.1) is 12.6 Å². The number of carbonyl (C=O) groups is 1. The molecule has 1 aromatic carbocycles. The summed E-state index contributed by atoms with van der Waals surface area (Å²) >= 11 is 3.74. The molecule has 0 heterocycles. The van der Waals surface area contributed by atoms with Crippen molar-refractivity contribution < 1.29 is 19.0 Å². The predicted molar refractivity (Wildman–Crippen MR) is 57.6 cm³/mol.